The Bertz CT molecular complexity index is 690. The Kier molecular flexibility index (Phi) is 6.99. The molecule has 3 heteroatoms. The summed E-state index contributed by atoms with van der Waals surface area (Å²) < 4.78 is 0. The van der Waals surface area contributed by atoms with Gasteiger partial charge in [-0.25, -0.2) is 0 Å². The molecular formula is C26H40O3. The lowest BCUT2D eigenvalue weighted by Gasteiger charge is -2.44. The van der Waals surface area contributed by atoms with Crippen molar-refractivity contribution in [2.24, 2.45) is 23.2 Å². The number of aliphatic hydroxyl groups is 3. The second-order valence-corrected chi connectivity index (χ2v) is 10.7. The van der Waals surface area contributed by atoms with E-state index in [9.17, 15) is 15.3 Å². The Balaban J connectivity index is 1.71. The van der Waals surface area contributed by atoms with Crippen molar-refractivity contribution in [1.29, 1.82) is 0 Å². The molecule has 0 aliphatic heterocycles. The molecule has 1 unspecified atom stereocenters. The van der Waals surface area contributed by atoms with Crippen LogP contribution in [-0.2, 0) is 0 Å². The quantitative estimate of drug-likeness (QED) is 0.599. The van der Waals surface area contributed by atoms with Crippen molar-refractivity contribution < 1.29 is 15.3 Å². The molecular weight excluding hydrogens is 360 g/mol. The summed E-state index contributed by atoms with van der Waals surface area (Å²) in [7, 11) is 0. The first-order chi connectivity index (χ1) is 13.6. The summed E-state index contributed by atoms with van der Waals surface area (Å²) in [6.45, 7) is 8.31. The van der Waals surface area contributed by atoms with Gasteiger partial charge in [0.25, 0.3) is 0 Å². The van der Waals surface area contributed by atoms with Gasteiger partial charge in [0.15, 0.2) is 0 Å². The van der Waals surface area contributed by atoms with Crippen LogP contribution in [0.3, 0.4) is 0 Å². The van der Waals surface area contributed by atoms with Gasteiger partial charge in [0.2, 0.25) is 0 Å². The first-order valence-corrected chi connectivity index (χ1v) is 11.6. The molecule has 6 atom stereocenters. The summed E-state index contributed by atoms with van der Waals surface area (Å²) in [5.41, 5.74) is 2.18. The summed E-state index contributed by atoms with van der Waals surface area (Å²) in [5.74, 6) is 8.07. The predicted molar refractivity (Wildman–Crippen MR) is 118 cm³/mol. The topological polar surface area (TPSA) is 60.7 Å². The van der Waals surface area contributed by atoms with Crippen LogP contribution in [0.25, 0.3) is 0 Å². The highest BCUT2D eigenvalue weighted by atomic mass is 16.3. The number of fused-ring (bicyclic) bond motifs is 1. The average molecular weight is 401 g/mol. The van der Waals surface area contributed by atoms with Crippen molar-refractivity contribution in [2.75, 3.05) is 0 Å². The Morgan fingerprint density at radius 3 is 2.52 bits per heavy atom. The van der Waals surface area contributed by atoms with E-state index in [-0.39, 0.29) is 0 Å². The molecule has 0 amide bonds. The normalized spacial score (nSPS) is 37.6. The van der Waals surface area contributed by atoms with Crippen molar-refractivity contribution in [3.63, 3.8) is 0 Å². The molecule has 0 radical (unpaired) electrons. The molecule has 0 aromatic rings. The lowest BCUT2D eigenvalue weighted by atomic mass is 9.61. The van der Waals surface area contributed by atoms with Crippen LogP contribution in [0.2, 0.25) is 0 Å². The molecule has 29 heavy (non-hydrogen) atoms. The fourth-order valence-electron chi connectivity index (χ4n) is 6.32. The highest BCUT2D eigenvalue weighted by Gasteiger charge is 2.50. The van der Waals surface area contributed by atoms with Crippen molar-refractivity contribution in [3.8, 4) is 11.8 Å². The maximum absolute atomic E-state index is 9.95. The van der Waals surface area contributed by atoms with Gasteiger partial charge < -0.3 is 15.3 Å². The van der Waals surface area contributed by atoms with Gasteiger partial charge in [-0.2, -0.15) is 0 Å². The van der Waals surface area contributed by atoms with Gasteiger partial charge in [0, 0.05) is 6.42 Å². The zero-order chi connectivity index (χ0) is 21.2. The zero-order valence-electron chi connectivity index (χ0n) is 18.7. The molecule has 0 spiro atoms. The monoisotopic (exact) mass is 400 g/mol. The summed E-state index contributed by atoms with van der Waals surface area (Å²) in [6.07, 6.45) is 12.7. The number of allylic oxidation sites excluding steroid dienone is 3. The van der Waals surface area contributed by atoms with E-state index >= 15 is 0 Å². The van der Waals surface area contributed by atoms with Gasteiger partial charge >= 0.3 is 0 Å². The van der Waals surface area contributed by atoms with Crippen LogP contribution in [0.5, 0.6) is 0 Å². The van der Waals surface area contributed by atoms with Crippen molar-refractivity contribution >= 4 is 0 Å². The lowest BCUT2D eigenvalue weighted by molar-refractivity contribution is 0.0609. The molecule has 0 saturated heterocycles. The minimum Gasteiger partial charge on any atom is -0.393 e. The Hall–Kier alpha value is -1.08. The maximum atomic E-state index is 9.95. The lowest BCUT2D eigenvalue weighted by Crippen LogP contribution is -2.36. The van der Waals surface area contributed by atoms with E-state index < -0.39 is 17.8 Å². The molecule has 3 rings (SSSR count). The van der Waals surface area contributed by atoms with Crippen LogP contribution in [0.1, 0.15) is 85.5 Å². The van der Waals surface area contributed by atoms with Gasteiger partial charge in [-0.15, -0.1) is 5.92 Å². The predicted octanol–water partition coefficient (Wildman–Crippen LogP) is 4.76. The Morgan fingerprint density at radius 1 is 1.17 bits per heavy atom. The van der Waals surface area contributed by atoms with Gasteiger partial charge in [0.1, 0.15) is 5.60 Å². The zero-order valence-corrected chi connectivity index (χ0v) is 18.7. The third-order valence-electron chi connectivity index (χ3n) is 7.62. The summed E-state index contributed by atoms with van der Waals surface area (Å²) in [6, 6.07) is 0. The third-order valence-corrected chi connectivity index (χ3v) is 7.62. The molecule has 0 bridgehead atoms. The van der Waals surface area contributed by atoms with Crippen LogP contribution in [0.4, 0.5) is 0 Å². The van der Waals surface area contributed by atoms with E-state index in [1.807, 2.05) is 0 Å². The molecule has 0 aromatic carbocycles. The minimum atomic E-state index is -0.906. The number of aliphatic hydroxyl groups excluding tert-OH is 2. The second kappa shape index (κ2) is 8.96. The van der Waals surface area contributed by atoms with E-state index in [1.165, 1.54) is 37.7 Å². The highest BCUT2D eigenvalue weighted by Crippen LogP contribution is 2.59. The standard InChI is InChI=1S/C26H40O3/c1-18(7-5-13-25(2,3)29)23-11-12-24-20(8-6-14-26(23,24)4)10-9-19-15-21(27)17-22(28)16-19/h9-10,18,21-24,27-29H,6-8,11-12,14-17H2,1-4H3/b20-10-/t18-,21+,22+,23+,24?,26-/m0/s1. The second-order valence-electron chi connectivity index (χ2n) is 10.7. The van der Waals surface area contributed by atoms with Gasteiger partial charge in [-0.3, -0.25) is 0 Å². The van der Waals surface area contributed by atoms with Gasteiger partial charge in [-0.05, 0) is 88.4 Å². The molecule has 0 aromatic heterocycles. The third kappa shape index (κ3) is 5.54. The number of rotatable bonds is 3. The van der Waals surface area contributed by atoms with E-state index in [4.69, 9.17) is 0 Å². The molecule has 3 fully saturated rings. The molecule has 3 nitrogen and oxygen atoms in total. The Labute approximate surface area is 177 Å². The largest absolute Gasteiger partial charge is 0.393 e. The van der Waals surface area contributed by atoms with Crippen LogP contribution in [0, 0.1) is 35.0 Å². The summed E-state index contributed by atoms with van der Waals surface area (Å²) >= 11 is 0. The van der Waals surface area contributed by atoms with Gasteiger partial charge in [0.05, 0.1) is 12.2 Å². The van der Waals surface area contributed by atoms with Crippen LogP contribution in [0.15, 0.2) is 23.3 Å². The first kappa shape index (κ1) is 22.6. The minimum absolute atomic E-state index is 0.337. The van der Waals surface area contributed by atoms with Gasteiger partial charge in [-0.1, -0.05) is 43.1 Å². The summed E-state index contributed by atoms with van der Waals surface area (Å²) in [5, 5.41) is 29.7. The van der Waals surface area contributed by atoms with Crippen molar-refractivity contribution in [2.45, 2.75) is 103 Å². The van der Waals surface area contributed by atoms with Crippen LogP contribution in [-0.4, -0.2) is 33.1 Å². The average Bonchev–Trinajstić information content (AvgIpc) is 2.95. The number of hydrogen-bond donors (Lipinski definition) is 3. The fraction of sp³-hybridized carbons (Fsp3) is 0.769. The SMILES string of the molecule is C[C@@H](CC#CC(C)(C)O)[C@H]1CCC2/C(=C\C=C3C[C@@H](O)C[C@H](O)C3)CCC[C@]21C. The molecule has 0 heterocycles. The molecule has 3 aliphatic rings. The highest BCUT2D eigenvalue weighted by molar-refractivity contribution is 5.26. The van der Waals surface area contributed by atoms with E-state index in [1.54, 1.807) is 19.4 Å². The van der Waals surface area contributed by atoms with E-state index in [0.717, 1.165) is 6.42 Å². The first-order valence-electron chi connectivity index (χ1n) is 11.6. The molecule has 162 valence electrons. The van der Waals surface area contributed by atoms with Crippen LogP contribution >= 0.6 is 0 Å². The van der Waals surface area contributed by atoms with E-state index in [0.29, 0.717) is 42.4 Å². The molecule has 3 saturated carbocycles. The van der Waals surface area contributed by atoms with E-state index in [2.05, 4.69) is 37.8 Å². The van der Waals surface area contributed by atoms with Crippen molar-refractivity contribution in [1.82, 2.24) is 0 Å². The Morgan fingerprint density at radius 2 is 1.86 bits per heavy atom. The smallest absolute Gasteiger partial charge is 0.119 e. The van der Waals surface area contributed by atoms with Crippen molar-refractivity contribution in [3.05, 3.63) is 23.3 Å². The summed E-state index contributed by atoms with van der Waals surface area (Å²) in [4.78, 5) is 0. The molecule has 3 N–H and O–H groups in total. The maximum Gasteiger partial charge on any atom is 0.119 e. The fourth-order valence-corrected chi connectivity index (χ4v) is 6.32. The number of hydrogen-bond acceptors (Lipinski definition) is 3. The molecule has 3 aliphatic carbocycles. The van der Waals surface area contributed by atoms with Crippen LogP contribution < -0.4 is 0 Å².